The molecule has 0 radical (unpaired) electrons. The molecule has 2 heterocycles. The van der Waals surface area contributed by atoms with E-state index in [1.54, 1.807) is 6.08 Å². The minimum Gasteiger partial charge on any atom is -0.466 e. The number of hydrogen-bond acceptors (Lipinski definition) is 3. The van der Waals surface area contributed by atoms with Crippen molar-refractivity contribution in [2.45, 2.75) is 44.3 Å². The van der Waals surface area contributed by atoms with E-state index in [1.165, 1.54) is 31.1 Å². The molecule has 2 bridgehead atoms. The number of nitrogens with zero attached hydrogens (tertiary/aromatic N) is 1. The van der Waals surface area contributed by atoms with E-state index in [9.17, 15) is 4.79 Å². The smallest absolute Gasteiger partial charge is 0.330 e. The molecule has 2 unspecified atom stereocenters. The Morgan fingerprint density at radius 1 is 1.25 bits per heavy atom. The van der Waals surface area contributed by atoms with Gasteiger partial charge in [-0.1, -0.05) is 35.9 Å². The second-order valence-electron chi connectivity index (χ2n) is 5.78. The number of ether oxygens (including phenoxy) is 1. The molecule has 2 atom stereocenters. The van der Waals surface area contributed by atoms with Crippen LogP contribution in [0.2, 0.25) is 0 Å². The first-order valence-corrected chi connectivity index (χ1v) is 7.33. The lowest BCUT2D eigenvalue weighted by Gasteiger charge is -2.36. The third-order valence-corrected chi connectivity index (χ3v) is 4.50. The van der Waals surface area contributed by atoms with Crippen molar-refractivity contribution in [2.24, 2.45) is 0 Å². The highest BCUT2D eigenvalue weighted by molar-refractivity contribution is 5.82. The molecule has 2 aliphatic heterocycles. The summed E-state index contributed by atoms with van der Waals surface area (Å²) >= 11 is 0. The first-order valence-electron chi connectivity index (χ1n) is 7.33. The first kappa shape index (κ1) is 13.4. The SMILES string of the molecule is COC(=O)C=C1CC2CCC(C1)N2Cc1ccccc1. The number of carbonyl (C=O) groups is 1. The highest BCUT2D eigenvalue weighted by Crippen LogP contribution is 2.39. The zero-order valence-corrected chi connectivity index (χ0v) is 11.9. The maximum atomic E-state index is 11.4. The summed E-state index contributed by atoms with van der Waals surface area (Å²) in [6, 6.07) is 11.8. The molecule has 3 nitrogen and oxygen atoms in total. The number of rotatable bonds is 3. The molecule has 0 spiro atoms. The number of methoxy groups -OCH3 is 1. The van der Waals surface area contributed by atoms with E-state index in [0.717, 1.165) is 19.4 Å². The molecule has 3 heteroatoms. The number of fused-ring (bicyclic) bond motifs is 2. The second-order valence-corrected chi connectivity index (χ2v) is 5.78. The summed E-state index contributed by atoms with van der Waals surface area (Å²) in [4.78, 5) is 14.0. The van der Waals surface area contributed by atoms with E-state index < -0.39 is 0 Å². The zero-order chi connectivity index (χ0) is 13.9. The van der Waals surface area contributed by atoms with Gasteiger partial charge in [0.1, 0.15) is 0 Å². The van der Waals surface area contributed by atoms with Gasteiger partial charge in [0.25, 0.3) is 0 Å². The Balaban J connectivity index is 1.69. The molecular weight excluding hydrogens is 250 g/mol. The monoisotopic (exact) mass is 271 g/mol. The number of carbonyl (C=O) groups excluding carboxylic acids is 1. The summed E-state index contributed by atoms with van der Waals surface area (Å²) < 4.78 is 4.74. The second kappa shape index (κ2) is 5.80. The van der Waals surface area contributed by atoms with Crippen molar-refractivity contribution >= 4 is 5.97 Å². The fraction of sp³-hybridized carbons (Fsp3) is 0.471. The predicted molar refractivity (Wildman–Crippen MR) is 78.1 cm³/mol. The van der Waals surface area contributed by atoms with Crippen LogP contribution in [0.25, 0.3) is 0 Å². The third-order valence-electron chi connectivity index (χ3n) is 4.50. The van der Waals surface area contributed by atoms with E-state index >= 15 is 0 Å². The van der Waals surface area contributed by atoms with Crippen LogP contribution in [-0.4, -0.2) is 30.1 Å². The molecule has 2 saturated heterocycles. The minimum absolute atomic E-state index is 0.212. The highest BCUT2D eigenvalue weighted by atomic mass is 16.5. The normalized spacial score (nSPS) is 25.6. The summed E-state index contributed by atoms with van der Waals surface area (Å²) in [6.45, 7) is 1.03. The number of piperidine rings is 1. The van der Waals surface area contributed by atoms with Gasteiger partial charge in [0.15, 0.2) is 0 Å². The molecule has 1 aromatic rings. The lowest BCUT2D eigenvalue weighted by Crippen LogP contribution is -2.39. The fourth-order valence-corrected chi connectivity index (χ4v) is 3.54. The molecule has 2 fully saturated rings. The van der Waals surface area contributed by atoms with E-state index in [0.29, 0.717) is 12.1 Å². The van der Waals surface area contributed by atoms with Crippen LogP contribution in [0, 0.1) is 0 Å². The summed E-state index contributed by atoms with van der Waals surface area (Å²) in [6.07, 6.45) is 6.22. The van der Waals surface area contributed by atoms with Crippen molar-refractivity contribution in [2.75, 3.05) is 7.11 Å². The van der Waals surface area contributed by atoms with Gasteiger partial charge >= 0.3 is 5.97 Å². The number of hydrogen-bond donors (Lipinski definition) is 0. The van der Waals surface area contributed by atoms with Gasteiger partial charge in [-0.2, -0.15) is 0 Å². The van der Waals surface area contributed by atoms with Gasteiger partial charge in [-0.15, -0.1) is 0 Å². The van der Waals surface area contributed by atoms with Gasteiger partial charge in [-0.25, -0.2) is 4.79 Å². The molecular formula is C17H21NO2. The molecule has 3 rings (SSSR count). The Morgan fingerprint density at radius 2 is 1.90 bits per heavy atom. The zero-order valence-electron chi connectivity index (χ0n) is 11.9. The van der Waals surface area contributed by atoms with Crippen molar-refractivity contribution in [3.63, 3.8) is 0 Å². The molecule has 0 N–H and O–H groups in total. The van der Waals surface area contributed by atoms with Gasteiger partial charge in [0.05, 0.1) is 7.11 Å². The highest BCUT2D eigenvalue weighted by Gasteiger charge is 2.38. The number of esters is 1. The maximum Gasteiger partial charge on any atom is 0.330 e. The lowest BCUT2D eigenvalue weighted by atomic mass is 9.95. The average Bonchev–Trinajstić information content (AvgIpc) is 2.71. The van der Waals surface area contributed by atoms with Gasteiger partial charge in [-0.3, -0.25) is 4.90 Å². The Hall–Kier alpha value is -1.61. The summed E-state index contributed by atoms with van der Waals surface area (Å²) in [5.41, 5.74) is 2.64. The number of benzene rings is 1. The van der Waals surface area contributed by atoms with Crippen molar-refractivity contribution in [3.05, 3.63) is 47.5 Å². The maximum absolute atomic E-state index is 11.4. The van der Waals surface area contributed by atoms with Gasteiger partial charge < -0.3 is 4.74 Å². The van der Waals surface area contributed by atoms with Crippen molar-refractivity contribution < 1.29 is 9.53 Å². The van der Waals surface area contributed by atoms with Crippen LogP contribution in [0.1, 0.15) is 31.2 Å². The van der Waals surface area contributed by atoms with Gasteiger partial charge in [0, 0.05) is 24.7 Å². The van der Waals surface area contributed by atoms with Crippen LogP contribution in [-0.2, 0) is 16.1 Å². The molecule has 0 aliphatic carbocycles. The van der Waals surface area contributed by atoms with Gasteiger partial charge in [0.2, 0.25) is 0 Å². The van der Waals surface area contributed by atoms with Crippen LogP contribution in [0.15, 0.2) is 42.0 Å². The lowest BCUT2D eigenvalue weighted by molar-refractivity contribution is -0.134. The Bertz CT molecular complexity index is 493. The van der Waals surface area contributed by atoms with Crippen LogP contribution in [0.5, 0.6) is 0 Å². The van der Waals surface area contributed by atoms with Gasteiger partial charge in [-0.05, 0) is 31.2 Å². The van der Waals surface area contributed by atoms with Crippen LogP contribution in [0.3, 0.4) is 0 Å². The van der Waals surface area contributed by atoms with Crippen molar-refractivity contribution in [3.8, 4) is 0 Å². The largest absolute Gasteiger partial charge is 0.466 e. The summed E-state index contributed by atoms with van der Waals surface area (Å²) in [5, 5.41) is 0. The predicted octanol–water partition coefficient (Wildman–Crippen LogP) is 2.91. The van der Waals surface area contributed by atoms with E-state index in [1.807, 2.05) is 0 Å². The molecule has 106 valence electrons. The van der Waals surface area contributed by atoms with Crippen LogP contribution < -0.4 is 0 Å². The summed E-state index contributed by atoms with van der Waals surface area (Å²) in [7, 11) is 1.44. The molecule has 20 heavy (non-hydrogen) atoms. The van der Waals surface area contributed by atoms with Crippen molar-refractivity contribution in [1.29, 1.82) is 0 Å². The van der Waals surface area contributed by atoms with Crippen LogP contribution in [0.4, 0.5) is 0 Å². The topological polar surface area (TPSA) is 29.5 Å². The fourth-order valence-electron chi connectivity index (χ4n) is 3.54. The molecule has 1 aromatic carbocycles. The van der Waals surface area contributed by atoms with E-state index in [4.69, 9.17) is 4.74 Å². The molecule has 0 saturated carbocycles. The first-order chi connectivity index (χ1) is 9.76. The quantitative estimate of drug-likeness (QED) is 0.625. The van der Waals surface area contributed by atoms with Crippen molar-refractivity contribution in [1.82, 2.24) is 4.90 Å². The summed E-state index contributed by atoms with van der Waals surface area (Å²) in [5.74, 6) is -0.212. The van der Waals surface area contributed by atoms with Crippen LogP contribution >= 0.6 is 0 Å². The minimum atomic E-state index is -0.212. The standard InChI is InChI=1S/C17H21NO2/c1-20-17(19)11-14-9-15-7-8-16(10-14)18(15)12-13-5-3-2-4-6-13/h2-6,11,15-16H,7-10,12H2,1H3. The Morgan fingerprint density at radius 3 is 2.50 bits per heavy atom. The van der Waals surface area contributed by atoms with E-state index in [2.05, 4.69) is 35.2 Å². The van der Waals surface area contributed by atoms with E-state index in [-0.39, 0.29) is 5.97 Å². The molecule has 2 aliphatic rings. The average molecular weight is 271 g/mol. The Kier molecular flexibility index (Phi) is 3.88. The third kappa shape index (κ3) is 2.78. The molecule has 0 amide bonds. The Labute approximate surface area is 120 Å². The molecule has 0 aromatic heterocycles.